The van der Waals surface area contributed by atoms with Crippen LogP contribution < -0.4 is 10.1 Å². The fourth-order valence-corrected chi connectivity index (χ4v) is 2.76. The minimum atomic E-state index is 0.764. The van der Waals surface area contributed by atoms with Crippen molar-refractivity contribution in [1.29, 1.82) is 0 Å². The third-order valence-corrected chi connectivity index (χ3v) is 4.11. The molecule has 4 heteroatoms. The van der Waals surface area contributed by atoms with Crippen LogP contribution in [0.25, 0.3) is 10.9 Å². The molecule has 0 aliphatic heterocycles. The number of methoxy groups -OCH3 is 1. The van der Waals surface area contributed by atoms with E-state index in [1.807, 2.05) is 36.4 Å². The average Bonchev–Trinajstić information content (AvgIpc) is 2.56. The Morgan fingerprint density at radius 3 is 2.65 bits per heavy atom. The van der Waals surface area contributed by atoms with Gasteiger partial charge in [0, 0.05) is 17.0 Å². The van der Waals surface area contributed by atoms with Crippen molar-refractivity contribution in [2.24, 2.45) is 0 Å². The minimum absolute atomic E-state index is 0.764. The number of aromatic nitrogens is 1. The lowest BCUT2D eigenvalue weighted by Gasteiger charge is -2.11. The number of nitrogens with one attached hydrogen (secondary N) is 1. The molecule has 1 heterocycles. The highest BCUT2D eigenvalue weighted by molar-refractivity contribution is 6.30. The summed E-state index contributed by atoms with van der Waals surface area (Å²) < 4.78 is 5.42. The number of aryl methyl sites for hydroxylation is 1. The maximum atomic E-state index is 5.91. The Balaban J connectivity index is 1.76. The number of fused-ring (bicyclic) bond motifs is 1. The molecule has 0 bridgehead atoms. The first-order valence-corrected chi connectivity index (χ1v) is 7.98. The number of ether oxygens (including phenoxy) is 1. The molecule has 0 saturated heterocycles. The van der Waals surface area contributed by atoms with E-state index in [9.17, 15) is 0 Å². The molecule has 118 valence electrons. The summed E-state index contributed by atoms with van der Waals surface area (Å²) in [5, 5.41) is 5.27. The summed E-state index contributed by atoms with van der Waals surface area (Å²) in [7, 11) is 1.67. The maximum absolute atomic E-state index is 5.91. The van der Waals surface area contributed by atoms with Crippen LogP contribution in [0, 0.1) is 6.92 Å². The Hall–Kier alpha value is -2.26. The normalized spacial score (nSPS) is 10.7. The predicted octanol–water partition coefficient (Wildman–Crippen LogP) is 4.86. The van der Waals surface area contributed by atoms with E-state index in [4.69, 9.17) is 21.3 Å². The molecule has 23 heavy (non-hydrogen) atoms. The van der Waals surface area contributed by atoms with E-state index in [2.05, 4.69) is 24.4 Å². The molecular weight excluding hydrogens is 308 g/mol. The molecule has 0 spiro atoms. The molecule has 3 rings (SSSR count). The summed E-state index contributed by atoms with van der Waals surface area (Å²) in [6.45, 7) is 2.91. The van der Waals surface area contributed by atoms with Crippen molar-refractivity contribution < 1.29 is 4.74 Å². The first kappa shape index (κ1) is 15.6. The number of nitrogens with zero attached hydrogens (tertiary/aromatic N) is 1. The average molecular weight is 327 g/mol. The topological polar surface area (TPSA) is 34.1 Å². The largest absolute Gasteiger partial charge is 0.494 e. The zero-order valence-corrected chi connectivity index (χ0v) is 14.0. The molecule has 1 N–H and O–H groups in total. The standard InChI is InChI=1S/C19H19ClN2O/c1-13-12-18(21-11-10-14-6-8-15(20)9-7-14)22-19-16(13)4-3-5-17(19)23-2/h3-9,12H,10-11H2,1-2H3,(H,21,22). The maximum Gasteiger partial charge on any atom is 0.145 e. The van der Waals surface area contributed by atoms with Gasteiger partial charge in [-0.25, -0.2) is 4.98 Å². The van der Waals surface area contributed by atoms with Crippen LogP contribution in [0.5, 0.6) is 5.75 Å². The zero-order valence-electron chi connectivity index (χ0n) is 13.3. The lowest BCUT2D eigenvalue weighted by atomic mass is 10.1. The van der Waals surface area contributed by atoms with Gasteiger partial charge in [-0.1, -0.05) is 35.9 Å². The third-order valence-electron chi connectivity index (χ3n) is 3.86. The van der Waals surface area contributed by atoms with Crippen LogP contribution in [0.3, 0.4) is 0 Å². The van der Waals surface area contributed by atoms with Crippen molar-refractivity contribution in [3.63, 3.8) is 0 Å². The van der Waals surface area contributed by atoms with Gasteiger partial charge in [-0.05, 0) is 48.7 Å². The van der Waals surface area contributed by atoms with Crippen LogP contribution in [0.15, 0.2) is 48.5 Å². The molecule has 0 radical (unpaired) electrons. The van der Waals surface area contributed by atoms with E-state index < -0.39 is 0 Å². The fourth-order valence-electron chi connectivity index (χ4n) is 2.63. The number of benzene rings is 2. The first-order chi connectivity index (χ1) is 11.2. The SMILES string of the molecule is COc1cccc2c(C)cc(NCCc3ccc(Cl)cc3)nc12. The number of hydrogen-bond donors (Lipinski definition) is 1. The highest BCUT2D eigenvalue weighted by Crippen LogP contribution is 2.27. The van der Waals surface area contributed by atoms with Gasteiger partial charge in [-0.2, -0.15) is 0 Å². The van der Waals surface area contributed by atoms with E-state index in [1.54, 1.807) is 7.11 Å². The Morgan fingerprint density at radius 1 is 1.13 bits per heavy atom. The number of hydrogen-bond acceptors (Lipinski definition) is 3. The fraction of sp³-hybridized carbons (Fsp3) is 0.211. The Bertz CT molecular complexity index is 815. The van der Waals surface area contributed by atoms with E-state index in [-0.39, 0.29) is 0 Å². The molecule has 1 aromatic heterocycles. The number of pyridine rings is 1. The summed E-state index contributed by atoms with van der Waals surface area (Å²) in [6, 6.07) is 16.0. The van der Waals surface area contributed by atoms with Crippen LogP contribution in [0.1, 0.15) is 11.1 Å². The van der Waals surface area contributed by atoms with E-state index >= 15 is 0 Å². The Kier molecular flexibility index (Phi) is 4.68. The van der Waals surface area contributed by atoms with E-state index in [0.29, 0.717) is 0 Å². The van der Waals surface area contributed by atoms with Crippen LogP contribution in [0.4, 0.5) is 5.82 Å². The Labute approximate surface area is 141 Å². The van der Waals surface area contributed by atoms with Crippen LogP contribution in [-0.2, 0) is 6.42 Å². The van der Waals surface area contributed by atoms with Gasteiger partial charge in [0.05, 0.1) is 7.11 Å². The van der Waals surface area contributed by atoms with Crippen molar-refractivity contribution in [3.05, 3.63) is 64.7 Å². The minimum Gasteiger partial charge on any atom is -0.494 e. The highest BCUT2D eigenvalue weighted by Gasteiger charge is 2.07. The summed E-state index contributed by atoms with van der Waals surface area (Å²) in [5.41, 5.74) is 3.32. The monoisotopic (exact) mass is 326 g/mol. The smallest absolute Gasteiger partial charge is 0.145 e. The number of anilines is 1. The summed E-state index contributed by atoms with van der Waals surface area (Å²) in [4.78, 5) is 4.69. The second-order valence-corrected chi connectivity index (χ2v) is 5.92. The van der Waals surface area contributed by atoms with Gasteiger partial charge in [0.25, 0.3) is 0 Å². The molecule has 3 aromatic rings. The van der Waals surface area contributed by atoms with E-state index in [0.717, 1.165) is 40.5 Å². The number of rotatable bonds is 5. The van der Waals surface area contributed by atoms with Crippen molar-refractivity contribution >= 4 is 28.3 Å². The zero-order chi connectivity index (χ0) is 16.2. The van der Waals surface area contributed by atoms with Crippen LogP contribution >= 0.6 is 11.6 Å². The summed E-state index contributed by atoms with van der Waals surface area (Å²) in [6.07, 6.45) is 0.919. The molecule has 0 fully saturated rings. The molecule has 3 nitrogen and oxygen atoms in total. The molecule has 2 aromatic carbocycles. The summed E-state index contributed by atoms with van der Waals surface area (Å²) >= 11 is 5.91. The van der Waals surface area contributed by atoms with Gasteiger partial charge < -0.3 is 10.1 Å². The molecule has 0 atom stereocenters. The van der Waals surface area contributed by atoms with Crippen molar-refractivity contribution in [2.45, 2.75) is 13.3 Å². The van der Waals surface area contributed by atoms with Gasteiger partial charge in [-0.3, -0.25) is 0 Å². The van der Waals surface area contributed by atoms with Gasteiger partial charge in [0.15, 0.2) is 0 Å². The molecule has 0 unspecified atom stereocenters. The van der Waals surface area contributed by atoms with Gasteiger partial charge in [-0.15, -0.1) is 0 Å². The Morgan fingerprint density at radius 2 is 1.91 bits per heavy atom. The predicted molar refractivity (Wildman–Crippen MR) is 96.7 cm³/mol. The van der Waals surface area contributed by atoms with Crippen molar-refractivity contribution in [1.82, 2.24) is 4.98 Å². The van der Waals surface area contributed by atoms with Crippen molar-refractivity contribution in [3.8, 4) is 5.75 Å². The number of para-hydroxylation sites is 1. The summed E-state index contributed by atoms with van der Waals surface area (Å²) in [5.74, 6) is 1.67. The molecule has 0 amide bonds. The first-order valence-electron chi connectivity index (χ1n) is 7.60. The van der Waals surface area contributed by atoms with E-state index in [1.165, 1.54) is 11.1 Å². The van der Waals surface area contributed by atoms with Crippen LogP contribution in [0.2, 0.25) is 5.02 Å². The molecule has 0 saturated carbocycles. The highest BCUT2D eigenvalue weighted by atomic mass is 35.5. The lowest BCUT2D eigenvalue weighted by Crippen LogP contribution is -2.07. The third kappa shape index (κ3) is 3.57. The van der Waals surface area contributed by atoms with Gasteiger partial charge >= 0.3 is 0 Å². The van der Waals surface area contributed by atoms with Gasteiger partial charge in [0.1, 0.15) is 17.1 Å². The van der Waals surface area contributed by atoms with Crippen LogP contribution in [-0.4, -0.2) is 18.6 Å². The molecule has 0 aliphatic rings. The number of halogens is 1. The second kappa shape index (κ2) is 6.88. The molecule has 0 aliphatic carbocycles. The second-order valence-electron chi connectivity index (χ2n) is 5.48. The lowest BCUT2D eigenvalue weighted by molar-refractivity contribution is 0.419. The van der Waals surface area contributed by atoms with Gasteiger partial charge in [0.2, 0.25) is 0 Å². The quantitative estimate of drug-likeness (QED) is 0.727. The van der Waals surface area contributed by atoms with Crippen molar-refractivity contribution in [2.75, 3.05) is 19.0 Å². The molecular formula is C19H19ClN2O.